The van der Waals surface area contributed by atoms with Crippen molar-refractivity contribution in [2.75, 3.05) is 6.66 Å². The molecule has 0 rings (SSSR count). The molecule has 0 aliphatic rings. The van der Waals surface area contributed by atoms with Crippen molar-refractivity contribution in [1.29, 1.82) is 0 Å². The molecule has 4 heavy (non-hydrogen) atoms. The van der Waals surface area contributed by atoms with Crippen LogP contribution in [0.3, 0.4) is 0 Å². The molecule has 0 aromatic rings. The highest BCUT2D eigenvalue weighted by Gasteiger charge is 1.71. The quantitative estimate of drug-likeness (QED) is 0.290. The van der Waals surface area contributed by atoms with Crippen LogP contribution in [0, 0.1) is 0 Å². The first-order chi connectivity index (χ1) is 1.73. The minimum absolute atomic E-state index is 0.370. The van der Waals surface area contributed by atoms with Gasteiger partial charge in [-0.2, -0.15) is 0 Å². The molecule has 0 N–H and O–H groups in total. The molecule has 0 saturated heterocycles. The second-order valence-electron chi connectivity index (χ2n) is 0.757. The van der Waals surface area contributed by atoms with E-state index in [0.29, 0.717) is 0 Å². The van der Waals surface area contributed by atoms with Crippen molar-refractivity contribution in [1.82, 2.24) is 0 Å². The standard InChI is InChI=1S/C2H5BP/c1-4(2)3/h1H2,2H3/q+1. The fourth-order valence-electron chi connectivity index (χ4n) is 0. The summed E-state index contributed by atoms with van der Waals surface area (Å²) in [6.45, 7) is 1.90. The summed E-state index contributed by atoms with van der Waals surface area (Å²) >= 11 is 0. The van der Waals surface area contributed by atoms with Crippen LogP contribution < -0.4 is 0 Å². The van der Waals surface area contributed by atoms with E-state index >= 15 is 0 Å². The van der Waals surface area contributed by atoms with Gasteiger partial charge in [0.2, 0.25) is 0 Å². The van der Waals surface area contributed by atoms with Crippen LogP contribution in [0.25, 0.3) is 0 Å². The van der Waals surface area contributed by atoms with Crippen LogP contribution in [-0.4, -0.2) is 20.5 Å². The van der Waals surface area contributed by atoms with Crippen LogP contribution >= 0.6 is 7.42 Å². The minimum atomic E-state index is -0.370. The largest absolute Gasteiger partial charge is 0.439 e. The predicted octanol–water partition coefficient (Wildman–Crippen LogP) is 0.614. The van der Waals surface area contributed by atoms with Gasteiger partial charge < -0.3 is 0 Å². The van der Waals surface area contributed by atoms with Gasteiger partial charge in [-0.15, -0.1) is 0 Å². The molecule has 0 fully saturated rings. The van der Waals surface area contributed by atoms with E-state index in [0.717, 1.165) is 0 Å². The average Bonchev–Trinajstić information content (AvgIpc) is 0.811. The van der Waals surface area contributed by atoms with Crippen molar-refractivity contribution in [3.63, 3.8) is 0 Å². The maximum absolute atomic E-state index is 5.06. The molecule has 0 spiro atoms. The van der Waals surface area contributed by atoms with E-state index in [9.17, 15) is 0 Å². The molecule has 0 heterocycles. The van der Waals surface area contributed by atoms with Crippen LogP contribution in [0.15, 0.2) is 0 Å². The Balaban J connectivity index is 2.80. The van der Waals surface area contributed by atoms with Crippen molar-refractivity contribution in [2.24, 2.45) is 0 Å². The summed E-state index contributed by atoms with van der Waals surface area (Å²) in [5.74, 6) is 0. The second-order valence-corrected chi connectivity index (χ2v) is 2.27. The lowest BCUT2D eigenvalue weighted by atomic mass is 10.8. The van der Waals surface area contributed by atoms with Crippen LogP contribution in [0.5, 0.6) is 0 Å². The van der Waals surface area contributed by atoms with Crippen LogP contribution in [0.1, 0.15) is 0 Å². The predicted molar refractivity (Wildman–Crippen MR) is 25.7 cm³/mol. The molecular weight excluding hydrogens is 65.8 g/mol. The molecule has 0 nitrogen and oxygen atoms in total. The van der Waals surface area contributed by atoms with Gasteiger partial charge in [0, 0.05) is 7.42 Å². The van der Waals surface area contributed by atoms with Gasteiger partial charge in [0.25, 0.3) is 0 Å². The average molecular weight is 70.8 g/mol. The van der Waals surface area contributed by atoms with Crippen molar-refractivity contribution in [3.8, 4) is 0 Å². The highest BCUT2D eigenvalue weighted by atomic mass is 31.1. The molecule has 0 aromatic heterocycles. The van der Waals surface area contributed by atoms with E-state index in [1.165, 1.54) is 0 Å². The summed E-state index contributed by atoms with van der Waals surface area (Å²) < 4.78 is 0. The lowest BCUT2D eigenvalue weighted by molar-refractivity contribution is 2.50. The molecule has 0 saturated carbocycles. The SMILES string of the molecule is [B][P+](=C)C. The normalized spacial score (nSPS) is 10.8. The fraction of sp³-hybridized carbons (Fsp3) is 0.500. The molecule has 2 heteroatoms. The number of hydrogen-bond acceptors (Lipinski definition) is 0. The monoisotopic (exact) mass is 71.0 g/mol. The summed E-state index contributed by atoms with van der Waals surface area (Å²) in [6, 6.07) is 0. The summed E-state index contributed by atoms with van der Waals surface area (Å²) in [5.41, 5.74) is 0. The molecule has 1 unspecified atom stereocenters. The first-order valence-electron chi connectivity index (χ1n) is 1.02. The van der Waals surface area contributed by atoms with Crippen molar-refractivity contribution < 1.29 is 0 Å². The van der Waals surface area contributed by atoms with Gasteiger partial charge in [-0.3, -0.25) is 0 Å². The zero-order valence-corrected chi connectivity index (χ0v) is 3.63. The van der Waals surface area contributed by atoms with Crippen LogP contribution in [-0.2, 0) is 0 Å². The Bertz CT molecular complexity index is 29.0. The maximum atomic E-state index is 5.06. The molecule has 2 radical (unpaired) electrons. The van der Waals surface area contributed by atoms with E-state index in [1.54, 1.807) is 0 Å². The van der Waals surface area contributed by atoms with Gasteiger partial charge in [-0.05, 0) is 0 Å². The van der Waals surface area contributed by atoms with Gasteiger partial charge >= 0.3 is 7.57 Å². The Morgan fingerprint density at radius 1 is 2.00 bits per heavy atom. The Hall–Kier alpha value is 0.235. The highest BCUT2D eigenvalue weighted by Crippen LogP contribution is 1.97. The molecule has 0 aliphatic heterocycles. The molecule has 0 amide bonds. The molecule has 0 bridgehead atoms. The van der Waals surface area contributed by atoms with E-state index in [2.05, 4.69) is 6.30 Å². The van der Waals surface area contributed by atoms with Gasteiger partial charge in [0.05, 0.1) is 13.0 Å². The third kappa shape index (κ3) is 61.8. The summed E-state index contributed by atoms with van der Waals surface area (Å²) in [4.78, 5) is 0. The zero-order chi connectivity index (χ0) is 3.58. The van der Waals surface area contributed by atoms with E-state index < -0.39 is 0 Å². The second kappa shape index (κ2) is 1.54. The van der Waals surface area contributed by atoms with Gasteiger partial charge in [-0.25, -0.2) is 0 Å². The Labute approximate surface area is 29.0 Å². The summed E-state index contributed by atoms with van der Waals surface area (Å²) in [7, 11) is 4.69. The molecular formula is C2H5BP+. The van der Waals surface area contributed by atoms with E-state index in [1.807, 2.05) is 6.66 Å². The van der Waals surface area contributed by atoms with Crippen molar-refractivity contribution in [2.45, 2.75) is 0 Å². The van der Waals surface area contributed by atoms with Crippen molar-refractivity contribution in [3.05, 3.63) is 0 Å². The Morgan fingerprint density at radius 3 is 2.00 bits per heavy atom. The molecule has 0 aromatic carbocycles. The van der Waals surface area contributed by atoms with Gasteiger partial charge in [0.15, 0.2) is 0 Å². The topological polar surface area (TPSA) is 0 Å². The van der Waals surface area contributed by atoms with Gasteiger partial charge in [-0.1, -0.05) is 0 Å². The van der Waals surface area contributed by atoms with E-state index in [4.69, 9.17) is 7.57 Å². The number of hydrogen-bond donors (Lipinski definition) is 0. The zero-order valence-electron chi connectivity index (χ0n) is 2.73. The lowest BCUT2D eigenvalue weighted by Crippen LogP contribution is -1.40. The molecule has 20 valence electrons. The third-order valence-corrected chi connectivity index (χ3v) is 0. The van der Waals surface area contributed by atoms with Crippen LogP contribution in [0.2, 0.25) is 0 Å². The van der Waals surface area contributed by atoms with Crippen LogP contribution in [0.4, 0.5) is 0 Å². The van der Waals surface area contributed by atoms with E-state index in [-0.39, 0.29) is 7.42 Å². The number of rotatable bonds is 0. The lowest BCUT2D eigenvalue weighted by Gasteiger charge is -1.48. The molecule has 1 atom stereocenters. The smallest absolute Gasteiger partial charge is 0.0105 e. The molecule has 0 aliphatic carbocycles. The maximum Gasteiger partial charge on any atom is 0.439 e. The minimum Gasteiger partial charge on any atom is 0.0105 e. The highest BCUT2D eigenvalue weighted by molar-refractivity contribution is 7.79. The summed E-state index contributed by atoms with van der Waals surface area (Å²) in [6.07, 6.45) is 3.48. The Kier molecular flexibility index (Phi) is 1.63. The van der Waals surface area contributed by atoms with Crippen molar-refractivity contribution >= 4 is 21.3 Å². The summed E-state index contributed by atoms with van der Waals surface area (Å²) in [5, 5.41) is 0. The fourth-order valence-corrected chi connectivity index (χ4v) is 0. The Morgan fingerprint density at radius 2 is 2.00 bits per heavy atom. The first kappa shape index (κ1) is 4.23. The third-order valence-electron chi connectivity index (χ3n) is 0. The van der Waals surface area contributed by atoms with Gasteiger partial charge in [0.1, 0.15) is 0 Å². The first-order valence-corrected chi connectivity index (χ1v) is 3.06.